The van der Waals surface area contributed by atoms with Crippen molar-refractivity contribution >= 4 is 16.0 Å². The van der Waals surface area contributed by atoms with Crippen LogP contribution in [0, 0.1) is 0 Å². The fraction of sp³-hybridized carbons (Fsp3) is 0.696. The van der Waals surface area contributed by atoms with Crippen molar-refractivity contribution in [3.05, 3.63) is 28.8 Å². The molecule has 6 heteroatoms. The summed E-state index contributed by atoms with van der Waals surface area (Å²) in [7, 11) is -3.84. The van der Waals surface area contributed by atoms with Gasteiger partial charge in [-0.25, -0.2) is 8.42 Å². The van der Waals surface area contributed by atoms with Gasteiger partial charge in [0.1, 0.15) is 6.04 Å². The monoisotopic (exact) mass is 423 g/mol. The van der Waals surface area contributed by atoms with Crippen molar-refractivity contribution in [1.29, 1.82) is 0 Å². The van der Waals surface area contributed by atoms with Crippen molar-refractivity contribution in [1.82, 2.24) is 4.31 Å². The lowest BCUT2D eigenvalue weighted by molar-refractivity contribution is -0.148. The highest BCUT2D eigenvalue weighted by molar-refractivity contribution is 7.89. The van der Waals surface area contributed by atoms with Crippen molar-refractivity contribution in [3.63, 3.8) is 0 Å². The van der Waals surface area contributed by atoms with E-state index in [4.69, 9.17) is 4.74 Å². The lowest BCUT2D eigenvalue weighted by atomic mass is 9.89. The number of ether oxygens (including phenoxy) is 1. The second-order valence-electron chi connectivity index (χ2n) is 8.87. The molecule has 0 radical (unpaired) electrons. The topological polar surface area (TPSA) is 63.7 Å². The van der Waals surface area contributed by atoms with Gasteiger partial charge in [-0.05, 0) is 60.6 Å². The standard InChI is InChI=1S/C23H37NO4S/c1-8-28-23(25)21-11-9-10-12-24(21)29(26,27)22-19(16(4)5)13-18(15(2)3)14-20(22)17(6)7/h13-17,21H,8-12H2,1-7H3. The minimum atomic E-state index is -3.84. The van der Waals surface area contributed by atoms with Gasteiger partial charge in [-0.15, -0.1) is 0 Å². The van der Waals surface area contributed by atoms with E-state index >= 15 is 0 Å². The predicted octanol–water partition coefficient (Wildman–Crippen LogP) is 5.16. The summed E-state index contributed by atoms with van der Waals surface area (Å²) in [5.74, 6) is -0.0144. The largest absolute Gasteiger partial charge is 0.465 e. The van der Waals surface area contributed by atoms with Gasteiger partial charge < -0.3 is 4.74 Å². The first-order chi connectivity index (χ1) is 13.5. The molecule has 1 fully saturated rings. The SMILES string of the molecule is CCOC(=O)C1CCCCN1S(=O)(=O)c1c(C(C)C)cc(C(C)C)cc1C(C)C. The molecule has 1 heterocycles. The third-order valence-electron chi connectivity index (χ3n) is 5.66. The molecule has 0 spiro atoms. The van der Waals surface area contributed by atoms with Crippen LogP contribution in [0.15, 0.2) is 17.0 Å². The van der Waals surface area contributed by atoms with E-state index in [-0.39, 0.29) is 18.4 Å². The maximum absolute atomic E-state index is 14.0. The second-order valence-corrected chi connectivity index (χ2v) is 10.7. The molecule has 0 amide bonds. The maximum atomic E-state index is 14.0. The Kier molecular flexibility index (Phi) is 7.91. The van der Waals surface area contributed by atoms with E-state index < -0.39 is 22.0 Å². The molecule has 0 bridgehead atoms. The van der Waals surface area contributed by atoms with E-state index in [1.807, 2.05) is 39.8 Å². The van der Waals surface area contributed by atoms with Crippen molar-refractivity contribution in [2.24, 2.45) is 0 Å². The van der Waals surface area contributed by atoms with Gasteiger partial charge in [0.15, 0.2) is 0 Å². The average Bonchev–Trinajstić information content (AvgIpc) is 2.66. The minimum Gasteiger partial charge on any atom is -0.465 e. The lowest BCUT2D eigenvalue weighted by Crippen LogP contribution is -2.49. The van der Waals surface area contributed by atoms with Crippen LogP contribution in [0.3, 0.4) is 0 Å². The Hall–Kier alpha value is -1.40. The molecular formula is C23H37NO4S. The van der Waals surface area contributed by atoms with Crippen molar-refractivity contribution in [3.8, 4) is 0 Å². The van der Waals surface area contributed by atoms with E-state index in [1.165, 1.54) is 4.31 Å². The van der Waals surface area contributed by atoms with Crippen LogP contribution < -0.4 is 0 Å². The number of carbonyl (C=O) groups excluding carboxylic acids is 1. The summed E-state index contributed by atoms with van der Waals surface area (Å²) in [6, 6.07) is 3.34. The molecule has 1 saturated heterocycles. The van der Waals surface area contributed by atoms with Gasteiger partial charge >= 0.3 is 5.97 Å². The van der Waals surface area contributed by atoms with Gasteiger partial charge in [0.2, 0.25) is 10.0 Å². The summed E-state index contributed by atoms with van der Waals surface area (Å²) in [6.07, 6.45) is 2.10. The molecule has 1 aromatic rings. The van der Waals surface area contributed by atoms with E-state index in [0.717, 1.165) is 29.5 Å². The fourth-order valence-electron chi connectivity index (χ4n) is 3.97. The van der Waals surface area contributed by atoms with Gasteiger partial charge in [-0.2, -0.15) is 4.31 Å². The number of rotatable bonds is 7. The van der Waals surface area contributed by atoms with E-state index in [2.05, 4.69) is 13.8 Å². The van der Waals surface area contributed by atoms with Crippen LogP contribution in [0.2, 0.25) is 0 Å². The van der Waals surface area contributed by atoms with E-state index in [0.29, 0.717) is 23.8 Å². The Morgan fingerprint density at radius 1 is 1.03 bits per heavy atom. The third kappa shape index (κ3) is 5.02. The number of nitrogens with zero attached hydrogens (tertiary/aromatic N) is 1. The Balaban J connectivity index is 2.70. The first-order valence-electron chi connectivity index (χ1n) is 10.9. The molecule has 1 aliphatic rings. The van der Waals surface area contributed by atoms with Crippen LogP contribution in [0.4, 0.5) is 0 Å². The van der Waals surface area contributed by atoms with Gasteiger partial charge in [-0.3, -0.25) is 4.79 Å². The van der Waals surface area contributed by atoms with Crippen molar-refractivity contribution in [2.75, 3.05) is 13.2 Å². The number of benzene rings is 1. The predicted molar refractivity (Wildman–Crippen MR) is 117 cm³/mol. The summed E-state index contributed by atoms with van der Waals surface area (Å²) in [5.41, 5.74) is 2.83. The second kappa shape index (κ2) is 9.61. The quantitative estimate of drug-likeness (QED) is 0.568. The third-order valence-corrected chi connectivity index (χ3v) is 7.70. The molecule has 0 N–H and O–H groups in total. The molecule has 0 aliphatic carbocycles. The number of hydrogen-bond donors (Lipinski definition) is 0. The first-order valence-corrected chi connectivity index (χ1v) is 12.3. The van der Waals surface area contributed by atoms with Crippen LogP contribution in [0.1, 0.15) is 102 Å². The van der Waals surface area contributed by atoms with Gasteiger partial charge in [-0.1, -0.05) is 53.7 Å². The molecular weight excluding hydrogens is 386 g/mol. The van der Waals surface area contributed by atoms with Gasteiger partial charge in [0, 0.05) is 6.54 Å². The zero-order chi connectivity index (χ0) is 21.9. The summed E-state index contributed by atoms with van der Waals surface area (Å²) < 4.78 is 34.5. The number of hydrogen-bond acceptors (Lipinski definition) is 4. The highest BCUT2D eigenvalue weighted by Crippen LogP contribution is 2.38. The number of sulfonamides is 1. The summed E-state index contributed by atoms with van der Waals surface area (Å²) in [5, 5.41) is 0. The fourth-order valence-corrected chi connectivity index (χ4v) is 6.29. The van der Waals surface area contributed by atoms with Crippen molar-refractivity contribution < 1.29 is 17.9 Å². The average molecular weight is 424 g/mol. The normalized spacial score (nSPS) is 18.6. The van der Waals surface area contributed by atoms with Crippen LogP contribution in [-0.4, -0.2) is 37.9 Å². The van der Waals surface area contributed by atoms with Gasteiger partial charge in [0.05, 0.1) is 11.5 Å². The molecule has 0 saturated carbocycles. The van der Waals surface area contributed by atoms with Crippen molar-refractivity contribution in [2.45, 2.75) is 96.4 Å². The first kappa shape index (κ1) is 23.9. The van der Waals surface area contributed by atoms with Crippen LogP contribution in [0.25, 0.3) is 0 Å². The highest BCUT2D eigenvalue weighted by Gasteiger charge is 2.41. The Morgan fingerprint density at radius 2 is 1.59 bits per heavy atom. The van der Waals surface area contributed by atoms with Gasteiger partial charge in [0.25, 0.3) is 0 Å². The Labute approximate surface area is 176 Å². The summed E-state index contributed by atoms with van der Waals surface area (Å²) >= 11 is 0. The molecule has 5 nitrogen and oxygen atoms in total. The molecule has 2 rings (SSSR count). The number of esters is 1. The maximum Gasteiger partial charge on any atom is 0.324 e. The molecule has 1 aromatic carbocycles. The smallest absolute Gasteiger partial charge is 0.324 e. The van der Waals surface area contributed by atoms with E-state index in [1.54, 1.807) is 6.92 Å². The number of piperidine rings is 1. The Bertz CT molecular complexity index is 798. The minimum absolute atomic E-state index is 0.0572. The molecule has 29 heavy (non-hydrogen) atoms. The molecule has 1 unspecified atom stereocenters. The van der Waals surface area contributed by atoms with Crippen LogP contribution >= 0.6 is 0 Å². The highest BCUT2D eigenvalue weighted by atomic mass is 32.2. The zero-order valence-corrected chi connectivity index (χ0v) is 19.8. The van der Waals surface area contributed by atoms with Crippen LogP contribution in [-0.2, 0) is 19.6 Å². The lowest BCUT2D eigenvalue weighted by Gasteiger charge is -2.35. The van der Waals surface area contributed by atoms with Crippen LogP contribution in [0.5, 0.6) is 0 Å². The summed E-state index contributed by atoms with van der Waals surface area (Å²) in [4.78, 5) is 12.9. The summed E-state index contributed by atoms with van der Waals surface area (Å²) in [6.45, 7) is 14.7. The zero-order valence-electron chi connectivity index (χ0n) is 19.0. The molecule has 164 valence electrons. The molecule has 0 aromatic heterocycles. The van der Waals surface area contributed by atoms with E-state index in [9.17, 15) is 13.2 Å². The number of carbonyl (C=O) groups is 1. The molecule has 1 aliphatic heterocycles. The Morgan fingerprint density at radius 3 is 2.03 bits per heavy atom. The molecule has 1 atom stereocenters.